The van der Waals surface area contributed by atoms with Crippen LogP contribution in [0.4, 0.5) is 25.4 Å². The van der Waals surface area contributed by atoms with E-state index in [4.69, 9.17) is 4.74 Å². The van der Waals surface area contributed by atoms with E-state index < -0.39 is 11.8 Å². The lowest BCUT2D eigenvalue weighted by Gasteiger charge is -2.36. The van der Waals surface area contributed by atoms with Gasteiger partial charge in [-0.3, -0.25) is 9.88 Å². The number of piperidine rings is 1. The molecule has 1 aliphatic rings. The molecule has 8 nitrogen and oxygen atoms in total. The molecular formula is C24H32FN5O3. The number of pyridine rings is 1. The molecule has 1 saturated heterocycles. The van der Waals surface area contributed by atoms with Crippen LogP contribution in [-0.4, -0.2) is 59.2 Å². The van der Waals surface area contributed by atoms with Gasteiger partial charge >= 0.3 is 12.1 Å². The predicted octanol–water partition coefficient (Wildman–Crippen LogP) is 4.61. The second-order valence-electron chi connectivity index (χ2n) is 8.63. The number of urea groups is 1. The fourth-order valence-electron chi connectivity index (χ4n) is 3.75. The first kappa shape index (κ1) is 24.4. The SMILES string of the molecule is Cc1ccc(NC(=O)Nc2cc(CN3CCC(N(C)C(=O)OC(C)C)CC3)ccc2F)cn1. The summed E-state index contributed by atoms with van der Waals surface area (Å²) in [5.74, 6) is -0.500. The van der Waals surface area contributed by atoms with Gasteiger partial charge in [0.15, 0.2) is 0 Å². The van der Waals surface area contributed by atoms with Crippen LogP contribution in [0.15, 0.2) is 36.5 Å². The lowest BCUT2D eigenvalue weighted by Crippen LogP contribution is -2.45. The third-order valence-electron chi connectivity index (χ3n) is 5.58. The summed E-state index contributed by atoms with van der Waals surface area (Å²) in [6.07, 6.45) is 2.78. The molecule has 1 fully saturated rings. The maximum atomic E-state index is 14.3. The highest BCUT2D eigenvalue weighted by Crippen LogP contribution is 2.22. The summed E-state index contributed by atoms with van der Waals surface area (Å²) in [5, 5.41) is 5.22. The molecule has 0 radical (unpaired) electrons. The van der Waals surface area contributed by atoms with E-state index in [1.165, 1.54) is 6.07 Å². The van der Waals surface area contributed by atoms with Gasteiger partial charge in [-0.1, -0.05) is 6.07 Å². The lowest BCUT2D eigenvalue weighted by molar-refractivity contribution is 0.0572. The molecule has 178 valence electrons. The van der Waals surface area contributed by atoms with Gasteiger partial charge < -0.3 is 20.3 Å². The van der Waals surface area contributed by atoms with Gasteiger partial charge in [0.05, 0.1) is 23.7 Å². The lowest BCUT2D eigenvalue weighted by atomic mass is 10.0. The van der Waals surface area contributed by atoms with Crippen molar-refractivity contribution in [1.29, 1.82) is 0 Å². The monoisotopic (exact) mass is 457 g/mol. The standard InChI is InChI=1S/C24H32FN5O3/c1-16(2)33-24(32)29(4)20-9-11-30(12-10-20)15-18-6-8-21(25)22(13-18)28-23(31)27-19-7-5-17(3)26-14-19/h5-8,13-14,16,20H,9-12,15H2,1-4H3,(H2,27,28,31). The molecule has 0 aliphatic carbocycles. The van der Waals surface area contributed by atoms with Crippen LogP contribution in [0, 0.1) is 12.7 Å². The van der Waals surface area contributed by atoms with Gasteiger partial charge in [0.25, 0.3) is 0 Å². The van der Waals surface area contributed by atoms with Gasteiger partial charge in [0, 0.05) is 38.4 Å². The van der Waals surface area contributed by atoms with Crippen molar-refractivity contribution in [2.45, 2.75) is 52.3 Å². The molecule has 2 heterocycles. The number of anilines is 2. The zero-order valence-electron chi connectivity index (χ0n) is 19.6. The average molecular weight is 458 g/mol. The maximum absolute atomic E-state index is 14.3. The van der Waals surface area contributed by atoms with Crippen LogP contribution in [-0.2, 0) is 11.3 Å². The van der Waals surface area contributed by atoms with E-state index in [1.54, 1.807) is 42.4 Å². The third-order valence-corrected chi connectivity index (χ3v) is 5.58. The van der Waals surface area contributed by atoms with Gasteiger partial charge in [-0.2, -0.15) is 0 Å². The van der Waals surface area contributed by atoms with Crippen LogP contribution in [0.5, 0.6) is 0 Å². The summed E-state index contributed by atoms with van der Waals surface area (Å²) in [6.45, 7) is 7.78. The number of aryl methyl sites for hydroxylation is 1. The summed E-state index contributed by atoms with van der Waals surface area (Å²) in [6, 6.07) is 7.86. The number of hydrogen-bond acceptors (Lipinski definition) is 5. The Morgan fingerprint density at radius 2 is 1.94 bits per heavy atom. The highest BCUT2D eigenvalue weighted by atomic mass is 19.1. The number of halogens is 1. The minimum Gasteiger partial charge on any atom is -0.447 e. The van der Waals surface area contributed by atoms with Crippen LogP contribution >= 0.6 is 0 Å². The van der Waals surface area contributed by atoms with Gasteiger partial charge in [-0.15, -0.1) is 0 Å². The Bertz CT molecular complexity index is 959. The van der Waals surface area contributed by atoms with E-state index in [2.05, 4.69) is 20.5 Å². The Balaban J connectivity index is 1.53. The van der Waals surface area contributed by atoms with E-state index in [0.717, 1.165) is 37.2 Å². The number of carbonyl (C=O) groups is 2. The summed E-state index contributed by atoms with van der Waals surface area (Å²) in [4.78, 5) is 32.5. The van der Waals surface area contributed by atoms with E-state index in [0.29, 0.717) is 12.2 Å². The molecule has 0 saturated carbocycles. The van der Waals surface area contributed by atoms with Gasteiger partial charge in [0.1, 0.15) is 5.82 Å². The molecule has 2 N–H and O–H groups in total. The average Bonchev–Trinajstić information content (AvgIpc) is 2.77. The predicted molar refractivity (Wildman–Crippen MR) is 126 cm³/mol. The van der Waals surface area contributed by atoms with Gasteiger partial charge in [0.2, 0.25) is 0 Å². The van der Waals surface area contributed by atoms with Crippen molar-refractivity contribution in [1.82, 2.24) is 14.8 Å². The molecule has 3 rings (SSSR count). The van der Waals surface area contributed by atoms with Gasteiger partial charge in [-0.05, 0) is 63.4 Å². The zero-order chi connectivity index (χ0) is 24.0. The summed E-state index contributed by atoms with van der Waals surface area (Å²) in [5.41, 5.74) is 2.39. The Kier molecular flexibility index (Phi) is 8.21. The number of rotatable bonds is 6. The number of likely N-dealkylation sites (tertiary alicyclic amines) is 1. The molecule has 1 aromatic carbocycles. The van der Waals surface area contributed by atoms with Crippen molar-refractivity contribution in [3.05, 3.63) is 53.6 Å². The molecule has 0 unspecified atom stereocenters. The fraction of sp³-hybridized carbons (Fsp3) is 0.458. The minimum absolute atomic E-state index is 0.121. The molecule has 9 heteroatoms. The van der Waals surface area contributed by atoms with Crippen molar-refractivity contribution < 1.29 is 18.7 Å². The minimum atomic E-state index is -0.533. The number of aromatic nitrogens is 1. The topological polar surface area (TPSA) is 86.8 Å². The fourth-order valence-corrected chi connectivity index (χ4v) is 3.75. The molecule has 1 aliphatic heterocycles. The van der Waals surface area contributed by atoms with E-state index in [1.807, 2.05) is 20.8 Å². The van der Waals surface area contributed by atoms with E-state index >= 15 is 0 Å². The van der Waals surface area contributed by atoms with Crippen LogP contribution in [0.3, 0.4) is 0 Å². The summed E-state index contributed by atoms with van der Waals surface area (Å²) in [7, 11) is 1.78. The van der Waals surface area contributed by atoms with Crippen molar-refractivity contribution in [3.8, 4) is 0 Å². The highest BCUT2D eigenvalue weighted by Gasteiger charge is 2.26. The number of benzene rings is 1. The van der Waals surface area contributed by atoms with Gasteiger partial charge in [-0.25, -0.2) is 14.0 Å². The number of nitrogens with zero attached hydrogens (tertiary/aromatic N) is 3. The largest absolute Gasteiger partial charge is 0.447 e. The molecule has 0 bridgehead atoms. The van der Waals surface area contributed by atoms with Crippen molar-refractivity contribution in [2.24, 2.45) is 0 Å². The number of hydrogen-bond donors (Lipinski definition) is 2. The Labute approximate surface area is 194 Å². The first-order valence-electron chi connectivity index (χ1n) is 11.2. The number of ether oxygens (including phenoxy) is 1. The molecule has 33 heavy (non-hydrogen) atoms. The third kappa shape index (κ3) is 7.15. The summed E-state index contributed by atoms with van der Waals surface area (Å²) >= 11 is 0. The first-order valence-corrected chi connectivity index (χ1v) is 11.2. The van der Waals surface area contributed by atoms with E-state index in [9.17, 15) is 14.0 Å². The second kappa shape index (κ2) is 11.1. The van der Waals surface area contributed by atoms with Crippen LogP contribution in [0.25, 0.3) is 0 Å². The van der Waals surface area contributed by atoms with Crippen LogP contribution in [0.2, 0.25) is 0 Å². The van der Waals surface area contributed by atoms with E-state index in [-0.39, 0.29) is 23.9 Å². The normalized spacial score (nSPS) is 14.7. The molecule has 3 amide bonds. The molecule has 0 spiro atoms. The van der Waals surface area contributed by atoms with Crippen LogP contribution < -0.4 is 10.6 Å². The molecular weight excluding hydrogens is 425 g/mol. The Morgan fingerprint density at radius 3 is 2.58 bits per heavy atom. The number of amides is 3. The number of carbonyl (C=O) groups excluding carboxylic acids is 2. The smallest absolute Gasteiger partial charge is 0.410 e. The molecule has 1 aromatic heterocycles. The summed E-state index contributed by atoms with van der Waals surface area (Å²) < 4.78 is 19.6. The Hall–Kier alpha value is -3.20. The number of nitrogens with one attached hydrogen (secondary N) is 2. The van der Waals surface area contributed by atoms with Crippen molar-refractivity contribution >= 4 is 23.5 Å². The zero-order valence-corrected chi connectivity index (χ0v) is 19.6. The quantitative estimate of drug-likeness (QED) is 0.661. The Morgan fingerprint density at radius 1 is 1.21 bits per heavy atom. The maximum Gasteiger partial charge on any atom is 0.410 e. The van der Waals surface area contributed by atoms with Crippen molar-refractivity contribution in [2.75, 3.05) is 30.8 Å². The van der Waals surface area contributed by atoms with Crippen molar-refractivity contribution in [3.63, 3.8) is 0 Å². The highest BCUT2D eigenvalue weighted by molar-refractivity contribution is 5.99. The second-order valence-corrected chi connectivity index (χ2v) is 8.63. The molecule has 2 aromatic rings. The molecule has 0 atom stereocenters. The first-order chi connectivity index (χ1) is 15.7. The van der Waals surface area contributed by atoms with Crippen LogP contribution in [0.1, 0.15) is 37.9 Å².